The molecule has 0 aromatic heterocycles. The lowest BCUT2D eigenvalue weighted by Gasteiger charge is -2.13. The molecule has 0 spiro atoms. The number of methoxy groups -OCH3 is 1. The number of aliphatic imine (C=N–C) groups is 1. The van der Waals surface area contributed by atoms with Gasteiger partial charge in [0, 0.05) is 20.1 Å². The fourth-order valence-corrected chi connectivity index (χ4v) is 2.55. The van der Waals surface area contributed by atoms with Crippen LogP contribution in [0.5, 0.6) is 5.75 Å². The maximum absolute atomic E-state index is 5.38. The van der Waals surface area contributed by atoms with Gasteiger partial charge < -0.3 is 15.4 Å². The van der Waals surface area contributed by atoms with Crippen molar-refractivity contribution in [1.29, 1.82) is 0 Å². The molecule has 5 heteroatoms. The molecule has 2 N–H and O–H groups in total. The molecular formula is C20H28IN3O. The van der Waals surface area contributed by atoms with E-state index in [-0.39, 0.29) is 24.0 Å². The topological polar surface area (TPSA) is 45.7 Å². The Morgan fingerprint density at radius 2 is 1.80 bits per heavy atom. The van der Waals surface area contributed by atoms with E-state index in [1.54, 1.807) is 14.2 Å². The molecule has 0 aliphatic carbocycles. The molecule has 2 rings (SSSR count). The molecule has 0 radical (unpaired) electrons. The van der Waals surface area contributed by atoms with Crippen molar-refractivity contribution >= 4 is 29.9 Å². The first-order valence-corrected chi connectivity index (χ1v) is 8.26. The van der Waals surface area contributed by atoms with Crippen LogP contribution in [0.15, 0.2) is 47.5 Å². The average Bonchev–Trinajstić information content (AvgIpc) is 2.60. The van der Waals surface area contributed by atoms with Crippen molar-refractivity contribution in [3.63, 3.8) is 0 Å². The van der Waals surface area contributed by atoms with Crippen LogP contribution >= 0.6 is 24.0 Å². The van der Waals surface area contributed by atoms with E-state index in [0.29, 0.717) is 0 Å². The number of halogens is 1. The van der Waals surface area contributed by atoms with Crippen molar-refractivity contribution in [3.05, 3.63) is 64.7 Å². The number of aryl methyl sites for hydroxylation is 2. The Balaban J connectivity index is 0.00000312. The molecule has 0 atom stereocenters. The molecule has 25 heavy (non-hydrogen) atoms. The number of ether oxygens (including phenoxy) is 1. The molecule has 0 amide bonds. The minimum absolute atomic E-state index is 0. The predicted octanol–water partition coefficient (Wildman–Crippen LogP) is 3.84. The Hall–Kier alpha value is -1.76. The third-order valence-electron chi connectivity index (χ3n) is 4.11. The van der Waals surface area contributed by atoms with Crippen LogP contribution < -0.4 is 15.4 Å². The monoisotopic (exact) mass is 453 g/mol. The fourth-order valence-electron chi connectivity index (χ4n) is 2.55. The predicted molar refractivity (Wildman–Crippen MR) is 116 cm³/mol. The maximum Gasteiger partial charge on any atom is 0.191 e. The Kier molecular flexibility index (Phi) is 9.34. The van der Waals surface area contributed by atoms with E-state index in [1.165, 1.54) is 16.7 Å². The highest BCUT2D eigenvalue weighted by Crippen LogP contribution is 2.18. The molecule has 0 saturated carbocycles. The number of hydrogen-bond donors (Lipinski definition) is 2. The zero-order chi connectivity index (χ0) is 17.4. The lowest BCUT2D eigenvalue weighted by molar-refractivity contribution is 0.411. The highest BCUT2D eigenvalue weighted by Gasteiger charge is 2.03. The summed E-state index contributed by atoms with van der Waals surface area (Å²) in [6.07, 6.45) is 0.918. The van der Waals surface area contributed by atoms with Crippen molar-refractivity contribution < 1.29 is 4.74 Å². The molecule has 2 aromatic carbocycles. The molecule has 0 aliphatic heterocycles. The second-order valence-corrected chi connectivity index (χ2v) is 5.83. The molecule has 0 unspecified atom stereocenters. The summed E-state index contributed by atoms with van der Waals surface area (Å²) in [5, 5.41) is 6.72. The highest BCUT2D eigenvalue weighted by molar-refractivity contribution is 14.0. The van der Waals surface area contributed by atoms with Crippen molar-refractivity contribution in [2.75, 3.05) is 20.7 Å². The van der Waals surface area contributed by atoms with Crippen LogP contribution in [0.3, 0.4) is 0 Å². The van der Waals surface area contributed by atoms with E-state index in [1.807, 2.05) is 0 Å². The first kappa shape index (κ1) is 21.3. The molecule has 136 valence electrons. The van der Waals surface area contributed by atoms with Gasteiger partial charge >= 0.3 is 0 Å². The lowest BCUT2D eigenvalue weighted by Crippen LogP contribution is -2.38. The standard InChI is InChI=1S/C20H27N3O.HI/c1-15-7-5-6-8-18(15)14-23-20(21-3)22-12-11-17-10-9-16(2)19(13-17)24-4;/h5-10,13H,11-12,14H2,1-4H3,(H2,21,22,23);1H. The van der Waals surface area contributed by atoms with E-state index in [0.717, 1.165) is 36.8 Å². The molecule has 2 aromatic rings. The van der Waals surface area contributed by atoms with Gasteiger partial charge in [-0.1, -0.05) is 36.4 Å². The van der Waals surface area contributed by atoms with Gasteiger partial charge in [-0.25, -0.2) is 0 Å². The highest BCUT2D eigenvalue weighted by atomic mass is 127. The maximum atomic E-state index is 5.38. The van der Waals surface area contributed by atoms with Gasteiger partial charge in [0.1, 0.15) is 5.75 Å². The number of rotatable bonds is 6. The van der Waals surface area contributed by atoms with Crippen LogP contribution in [-0.4, -0.2) is 26.7 Å². The van der Waals surface area contributed by atoms with Crippen LogP contribution in [0.2, 0.25) is 0 Å². The zero-order valence-electron chi connectivity index (χ0n) is 15.4. The van der Waals surface area contributed by atoms with Crippen molar-refractivity contribution in [2.24, 2.45) is 4.99 Å². The van der Waals surface area contributed by atoms with Crippen molar-refractivity contribution in [3.8, 4) is 5.75 Å². The molecule has 0 heterocycles. The summed E-state index contributed by atoms with van der Waals surface area (Å²) in [6, 6.07) is 14.7. The molecule has 0 fully saturated rings. The van der Waals surface area contributed by atoms with Gasteiger partial charge in [-0.2, -0.15) is 0 Å². The Morgan fingerprint density at radius 1 is 1.04 bits per heavy atom. The second kappa shape index (κ2) is 11.0. The van der Waals surface area contributed by atoms with E-state index >= 15 is 0 Å². The lowest BCUT2D eigenvalue weighted by atomic mass is 10.1. The molecule has 4 nitrogen and oxygen atoms in total. The number of nitrogens with one attached hydrogen (secondary N) is 2. The smallest absolute Gasteiger partial charge is 0.191 e. The van der Waals surface area contributed by atoms with Crippen LogP contribution in [0.25, 0.3) is 0 Å². The zero-order valence-corrected chi connectivity index (χ0v) is 17.8. The minimum Gasteiger partial charge on any atom is -0.496 e. The molecule has 0 bridgehead atoms. The van der Waals surface area contributed by atoms with E-state index in [2.05, 4.69) is 71.9 Å². The fraction of sp³-hybridized carbons (Fsp3) is 0.350. The van der Waals surface area contributed by atoms with Crippen molar-refractivity contribution in [2.45, 2.75) is 26.8 Å². The Bertz CT molecular complexity index is 701. The minimum atomic E-state index is 0. The summed E-state index contributed by atoms with van der Waals surface area (Å²) >= 11 is 0. The Labute approximate surface area is 168 Å². The van der Waals surface area contributed by atoms with Crippen LogP contribution in [-0.2, 0) is 13.0 Å². The first-order valence-electron chi connectivity index (χ1n) is 8.26. The van der Waals surface area contributed by atoms with Crippen LogP contribution in [0.4, 0.5) is 0 Å². The summed E-state index contributed by atoms with van der Waals surface area (Å²) < 4.78 is 5.38. The van der Waals surface area contributed by atoms with Gasteiger partial charge in [-0.15, -0.1) is 24.0 Å². The first-order chi connectivity index (χ1) is 11.6. The summed E-state index contributed by atoms with van der Waals surface area (Å²) in [7, 11) is 3.50. The van der Waals surface area contributed by atoms with Gasteiger partial charge in [0.05, 0.1) is 7.11 Å². The van der Waals surface area contributed by atoms with Gasteiger partial charge in [0.25, 0.3) is 0 Å². The third-order valence-corrected chi connectivity index (χ3v) is 4.11. The summed E-state index contributed by atoms with van der Waals surface area (Å²) in [5.74, 6) is 1.76. The van der Waals surface area contributed by atoms with Crippen molar-refractivity contribution in [1.82, 2.24) is 10.6 Å². The Morgan fingerprint density at radius 3 is 2.48 bits per heavy atom. The van der Waals surface area contributed by atoms with E-state index in [4.69, 9.17) is 4.74 Å². The SMILES string of the molecule is CN=C(NCCc1ccc(C)c(OC)c1)NCc1ccccc1C.I. The van der Waals surface area contributed by atoms with E-state index in [9.17, 15) is 0 Å². The van der Waals surface area contributed by atoms with Gasteiger partial charge in [-0.05, 0) is 48.6 Å². The number of guanidine groups is 1. The van der Waals surface area contributed by atoms with Crippen LogP contribution in [0.1, 0.15) is 22.3 Å². The van der Waals surface area contributed by atoms with E-state index < -0.39 is 0 Å². The van der Waals surface area contributed by atoms with Gasteiger partial charge in [-0.3, -0.25) is 4.99 Å². The number of hydrogen-bond acceptors (Lipinski definition) is 2. The summed E-state index contributed by atoms with van der Waals surface area (Å²) in [5.41, 5.74) is 4.97. The molecule has 0 saturated heterocycles. The van der Waals surface area contributed by atoms with Gasteiger partial charge in [0.15, 0.2) is 5.96 Å². The largest absolute Gasteiger partial charge is 0.496 e. The van der Waals surface area contributed by atoms with Crippen LogP contribution in [0, 0.1) is 13.8 Å². The summed E-state index contributed by atoms with van der Waals surface area (Å²) in [6.45, 7) is 5.76. The number of benzene rings is 2. The average molecular weight is 453 g/mol. The molecular weight excluding hydrogens is 425 g/mol. The quantitative estimate of drug-likeness (QED) is 0.397. The normalized spacial score (nSPS) is 10.8. The van der Waals surface area contributed by atoms with Gasteiger partial charge in [0.2, 0.25) is 0 Å². The summed E-state index contributed by atoms with van der Waals surface area (Å²) in [4.78, 5) is 4.28. The second-order valence-electron chi connectivity index (χ2n) is 5.83. The molecule has 0 aliphatic rings. The third kappa shape index (κ3) is 6.57. The number of nitrogens with zero attached hydrogens (tertiary/aromatic N) is 1.